The number of aliphatic carboxylic acids is 1. The molecule has 2 rings (SSSR count). The molecule has 112 valence electrons. The number of nitrogens with zero attached hydrogens (tertiary/aromatic N) is 5. The van der Waals surface area contributed by atoms with Crippen LogP contribution in [0, 0.1) is 5.92 Å². The van der Waals surface area contributed by atoms with Crippen LogP contribution in [0.1, 0.15) is 6.92 Å². The van der Waals surface area contributed by atoms with Crippen molar-refractivity contribution in [3.8, 4) is 0 Å². The molecule has 1 fully saturated rings. The van der Waals surface area contributed by atoms with E-state index in [0.29, 0.717) is 17.1 Å². The van der Waals surface area contributed by atoms with Gasteiger partial charge in [-0.1, -0.05) is 18.7 Å². The number of carboxylic acid groups (broad SMARTS) is 1. The molecule has 0 aliphatic carbocycles. The summed E-state index contributed by atoms with van der Waals surface area (Å²) in [4.78, 5) is 15.1. The Morgan fingerprint density at radius 3 is 2.70 bits per heavy atom. The number of hydrogen-bond donors (Lipinski definition) is 1. The molecule has 1 aromatic rings. The molecule has 0 bridgehead atoms. The van der Waals surface area contributed by atoms with Crippen LogP contribution < -0.4 is 4.90 Å². The highest BCUT2D eigenvalue weighted by molar-refractivity contribution is 7.99. The maximum atomic E-state index is 10.6. The highest BCUT2D eigenvalue weighted by Crippen LogP contribution is 2.26. The van der Waals surface area contributed by atoms with Gasteiger partial charge in [-0.3, -0.25) is 9.36 Å². The van der Waals surface area contributed by atoms with Gasteiger partial charge in [-0.25, -0.2) is 0 Å². The van der Waals surface area contributed by atoms with Crippen LogP contribution in [0.5, 0.6) is 0 Å². The molecule has 2 atom stereocenters. The molecule has 20 heavy (non-hydrogen) atoms. The van der Waals surface area contributed by atoms with Crippen LogP contribution in [0.15, 0.2) is 5.16 Å². The largest absolute Gasteiger partial charge is 0.481 e. The third-order valence-electron chi connectivity index (χ3n) is 3.66. The summed E-state index contributed by atoms with van der Waals surface area (Å²) < 4.78 is 1.87. The number of carbonyl (C=O) groups is 1. The zero-order valence-electron chi connectivity index (χ0n) is 12.3. The van der Waals surface area contributed by atoms with Crippen molar-refractivity contribution in [1.29, 1.82) is 0 Å². The van der Waals surface area contributed by atoms with E-state index in [-0.39, 0.29) is 5.75 Å². The highest BCUT2D eigenvalue weighted by Gasteiger charge is 2.33. The van der Waals surface area contributed by atoms with E-state index >= 15 is 0 Å². The number of thioether (sulfide) groups is 1. The first kappa shape index (κ1) is 15.1. The van der Waals surface area contributed by atoms with Gasteiger partial charge >= 0.3 is 5.97 Å². The third-order valence-corrected chi connectivity index (χ3v) is 4.66. The minimum atomic E-state index is -0.845. The first-order valence-electron chi connectivity index (χ1n) is 6.55. The van der Waals surface area contributed by atoms with Crippen LogP contribution in [-0.4, -0.2) is 69.7 Å². The van der Waals surface area contributed by atoms with Crippen LogP contribution in [0.25, 0.3) is 0 Å². The molecular formula is C12H21N5O2S. The maximum absolute atomic E-state index is 10.6. The Kier molecular flexibility index (Phi) is 4.54. The van der Waals surface area contributed by atoms with Crippen LogP contribution in [0.2, 0.25) is 0 Å². The Bertz CT molecular complexity index is 490. The molecule has 0 amide bonds. The van der Waals surface area contributed by atoms with Crippen molar-refractivity contribution in [1.82, 2.24) is 19.7 Å². The van der Waals surface area contributed by atoms with Gasteiger partial charge in [0, 0.05) is 26.2 Å². The summed E-state index contributed by atoms with van der Waals surface area (Å²) in [6, 6.07) is 0.502. The molecule has 1 N–H and O–H groups in total. The van der Waals surface area contributed by atoms with Crippen molar-refractivity contribution in [3.05, 3.63) is 0 Å². The van der Waals surface area contributed by atoms with Crippen molar-refractivity contribution >= 4 is 23.7 Å². The van der Waals surface area contributed by atoms with Gasteiger partial charge in [-0.15, -0.1) is 10.2 Å². The van der Waals surface area contributed by atoms with Crippen LogP contribution in [-0.2, 0) is 11.8 Å². The fourth-order valence-corrected chi connectivity index (χ4v) is 3.25. The van der Waals surface area contributed by atoms with Gasteiger partial charge in [0.15, 0.2) is 5.16 Å². The lowest BCUT2D eigenvalue weighted by Crippen LogP contribution is -2.34. The van der Waals surface area contributed by atoms with E-state index in [4.69, 9.17) is 5.11 Å². The lowest BCUT2D eigenvalue weighted by atomic mass is 10.1. The normalized spacial score (nSPS) is 22.8. The van der Waals surface area contributed by atoms with E-state index in [1.165, 1.54) is 11.8 Å². The summed E-state index contributed by atoms with van der Waals surface area (Å²) in [5.74, 6) is 0.538. The summed E-state index contributed by atoms with van der Waals surface area (Å²) in [5, 5.41) is 17.7. The van der Waals surface area contributed by atoms with Crippen LogP contribution >= 0.6 is 11.8 Å². The summed E-state index contributed by atoms with van der Waals surface area (Å²) in [5.41, 5.74) is 0. The fourth-order valence-electron chi connectivity index (χ4n) is 2.62. The quantitative estimate of drug-likeness (QED) is 0.788. The second-order valence-corrected chi connectivity index (χ2v) is 6.38. The lowest BCUT2D eigenvalue weighted by molar-refractivity contribution is -0.133. The van der Waals surface area contributed by atoms with E-state index in [1.54, 1.807) is 0 Å². The van der Waals surface area contributed by atoms with Crippen molar-refractivity contribution in [2.75, 3.05) is 37.8 Å². The van der Waals surface area contributed by atoms with Gasteiger partial charge in [0.1, 0.15) is 0 Å². The second-order valence-electron chi connectivity index (χ2n) is 5.44. The molecule has 0 radical (unpaired) electrons. The topological polar surface area (TPSA) is 74.5 Å². The van der Waals surface area contributed by atoms with E-state index in [1.807, 2.05) is 11.6 Å². The van der Waals surface area contributed by atoms with Crippen molar-refractivity contribution < 1.29 is 9.90 Å². The molecule has 0 spiro atoms. The summed E-state index contributed by atoms with van der Waals surface area (Å²) >= 11 is 1.20. The Morgan fingerprint density at radius 1 is 1.45 bits per heavy atom. The lowest BCUT2D eigenvalue weighted by Gasteiger charge is -2.22. The average molecular weight is 299 g/mol. The number of likely N-dealkylation sites (N-methyl/N-ethyl adjacent to an activating group) is 1. The zero-order valence-corrected chi connectivity index (χ0v) is 13.1. The second kappa shape index (κ2) is 6.01. The fraction of sp³-hybridized carbons (Fsp3) is 0.750. The highest BCUT2D eigenvalue weighted by atomic mass is 32.2. The maximum Gasteiger partial charge on any atom is 0.313 e. The zero-order chi connectivity index (χ0) is 14.9. The van der Waals surface area contributed by atoms with Gasteiger partial charge in [-0.05, 0) is 20.0 Å². The van der Waals surface area contributed by atoms with Gasteiger partial charge in [-0.2, -0.15) is 0 Å². The number of hydrogen-bond acceptors (Lipinski definition) is 6. The Labute approximate surface area is 123 Å². The SMILES string of the molecule is CC1CN(c2nnc(SCC(=O)O)n2C)CC1N(C)C. The van der Waals surface area contributed by atoms with Gasteiger partial charge in [0.25, 0.3) is 0 Å². The van der Waals surface area contributed by atoms with Crippen molar-refractivity contribution in [2.45, 2.75) is 18.1 Å². The Morgan fingerprint density at radius 2 is 2.15 bits per heavy atom. The first-order valence-corrected chi connectivity index (χ1v) is 7.54. The van der Waals surface area contributed by atoms with Gasteiger partial charge in [0.2, 0.25) is 5.95 Å². The van der Waals surface area contributed by atoms with E-state index < -0.39 is 5.97 Å². The first-order chi connectivity index (χ1) is 9.40. The van der Waals surface area contributed by atoms with Crippen LogP contribution in [0.3, 0.4) is 0 Å². The molecule has 1 aromatic heterocycles. The Hall–Kier alpha value is -1.28. The molecule has 0 aromatic carbocycles. The molecule has 8 heteroatoms. The number of anilines is 1. The van der Waals surface area contributed by atoms with Crippen molar-refractivity contribution in [3.63, 3.8) is 0 Å². The number of aromatic nitrogens is 3. The average Bonchev–Trinajstić information content (AvgIpc) is 2.90. The monoisotopic (exact) mass is 299 g/mol. The molecule has 1 aliphatic rings. The molecule has 1 saturated heterocycles. The minimum Gasteiger partial charge on any atom is -0.481 e. The third kappa shape index (κ3) is 3.06. The number of carboxylic acids is 1. The Balaban J connectivity index is 2.09. The molecule has 2 unspecified atom stereocenters. The summed E-state index contributed by atoms with van der Waals surface area (Å²) in [6.45, 7) is 4.10. The molecule has 7 nitrogen and oxygen atoms in total. The molecule has 2 heterocycles. The predicted molar refractivity (Wildman–Crippen MR) is 78.2 cm³/mol. The molecule has 0 saturated carbocycles. The molecular weight excluding hydrogens is 278 g/mol. The van der Waals surface area contributed by atoms with E-state index in [9.17, 15) is 4.79 Å². The van der Waals surface area contributed by atoms with Crippen LogP contribution in [0.4, 0.5) is 5.95 Å². The smallest absolute Gasteiger partial charge is 0.313 e. The summed E-state index contributed by atoms with van der Waals surface area (Å²) in [6.07, 6.45) is 0. The summed E-state index contributed by atoms with van der Waals surface area (Å²) in [7, 11) is 6.07. The van der Waals surface area contributed by atoms with Crippen molar-refractivity contribution in [2.24, 2.45) is 13.0 Å². The van der Waals surface area contributed by atoms with E-state index in [2.05, 4.69) is 41.0 Å². The predicted octanol–water partition coefficient (Wildman–Crippen LogP) is 0.378. The van der Waals surface area contributed by atoms with Gasteiger partial charge < -0.3 is 14.9 Å². The minimum absolute atomic E-state index is 0.00268. The molecule has 1 aliphatic heterocycles. The van der Waals surface area contributed by atoms with Gasteiger partial charge in [0.05, 0.1) is 5.75 Å². The van der Waals surface area contributed by atoms with E-state index in [0.717, 1.165) is 19.0 Å². The standard InChI is InChI=1S/C12H21N5O2S/c1-8-5-17(6-9(8)15(2)3)11-13-14-12(16(11)4)20-7-10(18)19/h8-9H,5-7H2,1-4H3,(H,18,19). The number of rotatable bonds is 5.